The minimum atomic E-state index is 0.0614. The van der Waals surface area contributed by atoms with Crippen LogP contribution in [0, 0.1) is 0 Å². The quantitative estimate of drug-likeness (QED) is 0.763. The van der Waals surface area contributed by atoms with Gasteiger partial charge in [-0.05, 0) is 29.8 Å². The summed E-state index contributed by atoms with van der Waals surface area (Å²) in [6, 6.07) is 11.1. The van der Waals surface area contributed by atoms with Gasteiger partial charge in [-0.2, -0.15) is 0 Å². The van der Waals surface area contributed by atoms with E-state index >= 15 is 0 Å². The van der Waals surface area contributed by atoms with Gasteiger partial charge in [-0.3, -0.25) is 4.79 Å². The van der Waals surface area contributed by atoms with Gasteiger partial charge in [0.15, 0.2) is 5.78 Å². The Kier molecular flexibility index (Phi) is 3.81. The summed E-state index contributed by atoms with van der Waals surface area (Å²) in [5, 5.41) is 0.659. The maximum Gasteiger partial charge on any atom is 0.167 e. The van der Waals surface area contributed by atoms with Gasteiger partial charge in [0.05, 0.1) is 6.61 Å². The summed E-state index contributed by atoms with van der Waals surface area (Å²) in [6.45, 7) is 0.660. The van der Waals surface area contributed by atoms with Crippen LogP contribution >= 0.6 is 27.5 Å². The predicted molar refractivity (Wildman–Crippen MR) is 82.8 cm³/mol. The summed E-state index contributed by atoms with van der Waals surface area (Å²) in [7, 11) is 0. The minimum absolute atomic E-state index is 0.0614. The molecule has 3 rings (SSSR count). The molecular weight excluding hydrogens is 340 g/mol. The first-order valence-electron chi connectivity index (χ1n) is 6.36. The topological polar surface area (TPSA) is 26.3 Å². The van der Waals surface area contributed by atoms with Gasteiger partial charge in [0.2, 0.25) is 0 Å². The smallest absolute Gasteiger partial charge is 0.167 e. The molecule has 0 atom stereocenters. The number of hydrogen-bond donors (Lipinski definition) is 0. The highest BCUT2D eigenvalue weighted by Crippen LogP contribution is 2.33. The number of ketones is 1. The highest BCUT2D eigenvalue weighted by atomic mass is 79.9. The van der Waals surface area contributed by atoms with Crippen LogP contribution in [0.15, 0.2) is 40.9 Å². The highest BCUT2D eigenvalue weighted by molar-refractivity contribution is 9.10. The van der Waals surface area contributed by atoms with Gasteiger partial charge < -0.3 is 4.74 Å². The van der Waals surface area contributed by atoms with Crippen LogP contribution in [-0.4, -0.2) is 12.4 Å². The van der Waals surface area contributed by atoms with Crippen molar-refractivity contribution in [2.75, 3.05) is 6.61 Å². The molecule has 0 aliphatic carbocycles. The second kappa shape index (κ2) is 5.58. The second-order valence-corrected chi connectivity index (χ2v) is 6.11. The fourth-order valence-electron chi connectivity index (χ4n) is 2.41. The standard InChI is InChI=1S/C16H12BrClO2/c17-13-3-1-2-10(6-13)15(19)9-12-8-14(18)7-11-4-5-20-16(11)12/h1-3,6-8H,4-5,9H2. The van der Waals surface area contributed by atoms with Crippen LogP contribution in [0.25, 0.3) is 0 Å². The van der Waals surface area contributed by atoms with Gasteiger partial charge in [-0.1, -0.05) is 39.7 Å². The number of hydrogen-bond acceptors (Lipinski definition) is 2. The first kappa shape index (κ1) is 13.7. The molecule has 0 saturated heterocycles. The Bertz CT molecular complexity index is 682. The average molecular weight is 352 g/mol. The van der Waals surface area contributed by atoms with Gasteiger partial charge in [-0.15, -0.1) is 0 Å². The molecule has 0 unspecified atom stereocenters. The van der Waals surface area contributed by atoms with E-state index in [9.17, 15) is 4.79 Å². The summed E-state index contributed by atoms with van der Waals surface area (Å²) in [4.78, 5) is 12.4. The number of benzene rings is 2. The van der Waals surface area contributed by atoms with E-state index in [1.807, 2.05) is 36.4 Å². The van der Waals surface area contributed by atoms with E-state index in [2.05, 4.69) is 15.9 Å². The van der Waals surface area contributed by atoms with Gasteiger partial charge in [0.1, 0.15) is 5.75 Å². The number of ether oxygens (including phenoxy) is 1. The van der Waals surface area contributed by atoms with Crippen molar-refractivity contribution in [2.45, 2.75) is 12.8 Å². The van der Waals surface area contributed by atoms with E-state index in [-0.39, 0.29) is 5.78 Å². The summed E-state index contributed by atoms with van der Waals surface area (Å²) in [5.41, 5.74) is 2.65. The molecule has 2 aromatic rings. The number of carbonyl (C=O) groups is 1. The molecule has 0 bridgehead atoms. The zero-order valence-electron chi connectivity index (χ0n) is 10.7. The minimum Gasteiger partial charge on any atom is -0.493 e. The third-order valence-electron chi connectivity index (χ3n) is 3.32. The van der Waals surface area contributed by atoms with E-state index in [0.29, 0.717) is 23.6 Å². The van der Waals surface area contributed by atoms with Crippen LogP contribution in [0.4, 0.5) is 0 Å². The largest absolute Gasteiger partial charge is 0.493 e. The van der Waals surface area contributed by atoms with E-state index < -0.39 is 0 Å². The van der Waals surface area contributed by atoms with Gasteiger partial charge >= 0.3 is 0 Å². The molecule has 20 heavy (non-hydrogen) atoms. The lowest BCUT2D eigenvalue weighted by Crippen LogP contribution is -2.05. The van der Waals surface area contributed by atoms with Crippen LogP contribution < -0.4 is 4.74 Å². The number of halogens is 2. The number of fused-ring (bicyclic) bond motifs is 1. The zero-order valence-corrected chi connectivity index (χ0v) is 13.0. The number of rotatable bonds is 3. The molecule has 0 aromatic heterocycles. The van der Waals surface area contributed by atoms with Crippen LogP contribution in [0.3, 0.4) is 0 Å². The summed E-state index contributed by atoms with van der Waals surface area (Å²) >= 11 is 9.49. The Morgan fingerprint density at radius 1 is 1.30 bits per heavy atom. The fraction of sp³-hybridized carbons (Fsp3) is 0.188. The van der Waals surface area contributed by atoms with Gasteiger partial charge in [0.25, 0.3) is 0 Å². The van der Waals surface area contributed by atoms with Crippen LogP contribution in [-0.2, 0) is 12.8 Å². The third-order valence-corrected chi connectivity index (χ3v) is 4.03. The van der Waals surface area contributed by atoms with E-state index in [4.69, 9.17) is 16.3 Å². The Labute approximate surface area is 130 Å². The molecule has 0 radical (unpaired) electrons. The second-order valence-electron chi connectivity index (χ2n) is 4.76. The molecule has 4 heteroatoms. The van der Waals surface area contributed by atoms with E-state index in [1.54, 1.807) is 0 Å². The van der Waals surface area contributed by atoms with Crippen LogP contribution in [0.5, 0.6) is 5.75 Å². The van der Waals surface area contributed by atoms with Crippen molar-refractivity contribution in [3.8, 4) is 5.75 Å². The maximum atomic E-state index is 12.4. The molecule has 2 nitrogen and oxygen atoms in total. The molecule has 0 fully saturated rings. The van der Waals surface area contributed by atoms with Crippen LogP contribution in [0.1, 0.15) is 21.5 Å². The maximum absolute atomic E-state index is 12.4. The third kappa shape index (κ3) is 2.74. The summed E-state index contributed by atoms with van der Waals surface area (Å²) < 4.78 is 6.52. The normalized spacial score (nSPS) is 12.9. The summed E-state index contributed by atoms with van der Waals surface area (Å²) in [5.74, 6) is 0.893. The molecule has 0 saturated carbocycles. The first-order valence-corrected chi connectivity index (χ1v) is 7.53. The van der Waals surface area contributed by atoms with Crippen molar-refractivity contribution in [1.82, 2.24) is 0 Å². The van der Waals surface area contributed by atoms with Crippen molar-refractivity contribution < 1.29 is 9.53 Å². The Balaban J connectivity index is 1.90. The average Bonchev–Trinajstić information content (AvgIpc) is 2.86. The van der Waals surface area contributed by atoms with Crippen molar-refractivity contribution in [2.24, 2.45) is 0 Å². The fourth-order valence-corrected chi connectivity index (χ4v) is 3.08. The van der Waals surface area contributed by atoms with Crippen molar-refractivity contribution in [3.63, 3.8) is 0 Å². The summed E-state index contributed by atoms with van der Waals surface area (Å²) in [6.07, 6.45) is 1.16. The molecule has 1 heterocycles. The number of carbonyl (C=O) groups excluding carboxylic acids is 1. The molecule has 102 valence electrons. The van der Waals surface area contributed by atoms with E-state index in [1.165, 1.54) is 0 Å². The monoisotopic (exact) mass is 350 g/mol. The van der Waals surface area contributed by atoms with Crippen molar-refractivity contribution in [3.05, 3.63) is 62.6 Å². The molecule has 1 aliphatic heterocycles. The Hall–Kier alpha value is -1.32. The first-order chi connectivity index (χ1) is 9.63. The molecule has 0 amide bonds. The molecule has 2 aromatic carbocycles. The van der Waals surface area contributed by atoms with Crippen LogP contribution in [0.2, 0.25) is 5.02 Å². The Morgan fingerprint density at radius 2 is 2.15 bits per heavy atom. The lowest BCUT2D eigenvalue weighted by Gasteiger charge is -2.08. The Morgan fingerprint density at radius 3 is 2.95 bits per heavy atom. The zero-order chi connectivity index (χ0) is 14.1. The predicted octanol–water partition coefficient (Wildman–Crippen LogP) is 4.46. The lowest BCUT2D eigenvalue weighted by atomic mass is 10.00. The van der Waals surface area contributed by atoms with Crippen molar-refractivity contribution >= 4 is 33.3 Å². The molecule has 0 spiro atoms. The van der Waals surface area contributed by atoms with Gasteiger partial charge in [0, 0.05) is 33.5 Å². The number of Topliss-reactive ketones (excluding diaryl/α,β-unsaturated/α-hetero) is 1. The highest BCUT2D eigenvalue weighted by Gasteiger charge is 2.19. The SMILES string of the molecule is O=C(Cc1cc(Cl)cc2c1OCC2)c1cccc(Br)c1. The molecular formula is C16H12BrClO2. The van der Waals surface area contributed by atoms with E-state index in [0.717, 1.165) is 27.8 Å². The molecule has 1 aliphatic rings. The lowest BCUT2D eigenvalue weighted by molar-refractivity contribution is 0.0992. The van der Waals surface area contributed by atoms with Gasteiger partial charge in [-0.25, -0.2) is 0 Å². The molecule has 0 N–H and O–H groups in total. The van der Waals surface area contributed by atoms with Crippen molar-refractivity contribution in [1.29, 1.82) is 0 Å².